The Morgan fingerprint density at radius 2 is 2.60 bits per heavy atom. The highest BCUT2D eigenvalue weighted by Gasteiger charge is 2.05. The van der Waals surface area contributed by atoms with Crippen LogP contribution in [0.1, 0.15) is 0 Å². The Hall–Kier alpha value is -1.29. The van der Waals surface area contributed by atoms with Gasteiger partial charge in [0.25, 0.3) is 5.91 Å². The van der Waals surface area contributed by atoms with Crippen LogP contribution in [0.5, 0.6) is 0 Å². The molecule has 10 heavy (non-hydrogen) atoms. The number of nitrogens with one attached hydrogen (secondary N) is 1. The second-order valence-electron chi connectivity index (χ2n) is 1.74. The zero-order valence-corrected chi connectivity index (χ0v) is 5.20. The molecule has 0 aromatic rings. The molecule has 4 heteroatoms. The lowest BCUT2D eigenvalue weighted by Gasteiger charge is -2.04. The third-order valence-corrected chi connectivity index (χ3v) is 1.11. The number of rotatable bonds is 1. The Morgan fingerprint density at radius 1 is 1.80 bits per heavy atom. The van der Waals surface area contributed by atoms with Gasteiger partial charge >= 0.3 is 0 Å². The van der Waals surface area contributed by atoms with Crippen molar-refractivity contribution in [3.05, 3.63) is 24.0 Å². The normalized spacial score (nSPS) is 15.5. The highest BCUT2D eigenvalue weighted by Crippen LogP contribution is 2.02. The Balaban J connectivity index is 2.63. The summed E-state index contributed by atoms with van der Waals surface area (Å²) in [4.78, 5) is 10.6. The summed E-state index contributed by atoms with van der Waals surface area (Å²) in [6, 6.07) is 0. The van der Waals surface area contributed by atoms with Crippen LogP contribution in [-0.4, -0.2) is 17.7 Å². The van der Waals surface area contributed by atoms with Crippen LogP contribution >= 0.6 is 0 Å². The van der Waals surface area contributed by atoms with Crippen LogP contribution < -0.4 is 5.48 Å². The van der Waals surface area contributed by atoms with Crippen molar-refractivity contribution in [2.24, 2.45) is 0 Å². The van der Waals surface area contributed by atoms with Crippen LogP contribution in [0.3, 0.4) is 0 Å². The van der Waals surface area contributed by atoms with Gasteiger partial charge in [-0.3, -0.25) is 10.0 Å². The molecule has 0 aromatic heterocycles. The van der Waals surface area contributed by atoms with E-state index in [1.807, 2.05) is 0 Å². The number of carbonyl (C=O) groups is 1. The highest BCUT2D eigenvalue weighted by atomic mass is 16.5. The number of hydrogen-bond donors (Lipinski definition) is 2. The summed E-state index contributed by atoms with van der Waals surface area (Å²) < 4.78 is 4.78. The molecule has 2 N–H and O–H groups in total. The van der Waals surface area contributed by atoms with E-state index in [9.17, 15) is 4.79 Å². The molecule has 1 aliphatic heterocycles. The molecule has 1 heterocycles. The van der Waals surface area contributed by atoms with E-state index in [1.165, 1.54) is 17.8 Å². The van der Waals surface area contributed by atoms with Gasteiger partial charge in [0.2, 0.25) is 0 Å². The van der Waals surface area contributed by atoms with E-state index >= 15 is 0 Å². The summed E-state index contributed by atoms with van der Waals surface area (Å²) in [7, 11) is 0. The van der Waals surface area contributed by atoms with Crippen molar-refractivity contribution in [1.82, 2.24) is 5.48 Å². The molecule has 0 bridgehead atoms. The van der Waals surface area contributed by atoms with E-state index in [4.69, 9.17) is 9.94 Å². The molecule has 0 atom stereocenters. The van der Waals surface area contributed by atoms with Gasteiger partial charge in [-0.2, -0.15) is 0 Å². The molecule has 0 aromatic carbocycles. The van der Waals surface area contributed by atoms with E-state index in [2.05, 4.69) is 0 Å². The zero-order valence-electron chi connectivity index (χ0n) is 5.20. The van der Waals surface area contributed by atoms with Gasteiger partial charge in [-0.25, -0.2) is 5.48 Å². The quantitative estimate of drug-likeness (QED) is 0.398. The highest BCUT2D eigenvalue weighted by molar-refractivity contribution is 5.95. The molecule has 54 valence electrons. The fourth-order valence-electron chi connectivity index (χ4n) is 0.616. The van der Waals surface area contributed by atoms with Crippen molar-refractivity contribution in [1.29, 1.82) is 0 Å². The van der Waals surface area contributed by atoms with Crippen LogP contribution in [-0.2, 0) is 9.53 Å². The molecule has 1 aliphatic rings. The molecular formula is C6H7NO3. The van der Waals surface area contributed by atoms with Gasteiger partial charge in [0.15, 0.2) is 0 Å². The third kappa shape index (κ3) is 1.35. The van der Waals surface area contributed by atoms with E-state index in [0.29, 0.717) is 12.2 Å². The van der Waals surface area contributed by atoms with Gasteiger partial charge in [-0.05, 0) is 12.2 Å². The SMILES string of the molecule is O=C(NO)C1=CCOC=C1. The summed E-state index contributed by atoms with van der Waals surface area (Å²) in [6.07, 6.45) is 4.46. The van der Waals surface area contributed by atoms with Crippen molar-refractivity contribution in [3.63, 3.8) is 0 Å². The minimum Gasteiger partial charge on any atom is -0.497 e. The minimum atomic E-state index is -0.514. The minimum absolute atomic E-state index is 0.374. The Labute approximate surface area is 57.8 Å². The third-order valence-electron chi connectivity index (χ3n) is 1.11. The average molecular weight is 141 g/mol. The first kappa shape index (κ1) is 6.82. The molecule has 0 unspecified atom stereocenters. The smallest absolute Gasteiger partial charge is 0.274 e. The summed E-state index contributed by atoms with van der Waals surface area (Å²) >= 11 is 0. The molecule has 1 rings (SSSR count). The molecule has 4 nitrogen and oxygen atoms in total. The van der Waals surface area contributed by atoms with Gasteiger partial charge in [0.05, 0.1) is 6.26 Å². The Kier molecular flexibility index (Phi) is 2.07. The van der Waals surface area contributed by atoms with Crippen molar-refractivity contribution in [3.8, 4) is 0 Å². The number of ether oxygens (including phenoxy) is 1. The maximum absolute atomic E-state index is 10.6. The summed E-state index contributed by atoms with van der Waals surface area (Å²) in [5, 5.41) is 8.17. The van der Waals surface area contributed by atoms with E-state index in [-0.39, 0.29) is 0 Å². The Bertz CT molecular complexity index is 195. The molecule has 1 amide bonds. The summed E-state index contributed by atoms with van der Waals surface area (Å²) in [5.41, 5.74) is 1.93. The van der Waals surface area contributed by atoms with Gasteiger partial charge in [-0.15, -0.1) is 0 Å². The lowest BCUT2D eigenvalue weighted by Crippen LogP contribution is -2.20. The lowest BCUT2D eigenvalue weighted by molar-refractivity contribution is -0.125. The second kappa shape index (κ2) is 3.03. The maximum atomic E-state index is 10.6. The van der Waals surface area contributed by atoms with Crippen molar-refractivity contribution in [2.75, 3.05) is 6.61 Å². The number of carbonyl (C=O) groups excluding carboxylic acids is 1. The van der Waals surface area contributed by atoms with Gasteiger partial charge in [0, 0.05) is 5.57 Å². The number of hydroxylamine groups is 1. The first-order valence-corrected chi connectivity index (χ1v) is 2.77. The topological polar surface area (TPSA) is 58.6 Å². The first-order valence-electron chi connectivity index (χ1n) is 2.77. The average Bonchev–Trinajstić information content (AvgIpc) is 2.05. The van der Waals surface area contributed by atoms with Crippen LogP contribution in [0.4, 0.5) is 0 Å². The molecule has 0 saturated heterocycles. The molecule has 0 fully saturated rings. The van der Waals surface area contributed by atoms with Crippen LogP contribution in [0, 0.1) is 0 Å². The summed E-state index contributed by atoms with van der Waals surface area (Å²) in [5.74, 6) is -0.514. The predicted octanol–water partition coefficient (Wildman–Crippen LogP) is -0.0379. The molecule has 0 aliphatic carbocycles. The largest absolute Gasteiger partial charge is 0.497 e. The molecule has 0 saturated carbocycles. The summed E-state index contributed by atoms with van der Waals surface area (Å²) in [6.45, 7) is 0.374. The van der Waals surface area contributed by atoms with E-state index in [1.54, 1.807) is 6.08 Å². The van der Waals surface area contributed by atoms with Gasteiger partial charge in [-0.1, -0.05) is 0 Å². The number of amides is 1. The van der Waals surface area contributed by atoms with Crippen LogP contribution in [0.2, 0.25) is 0 Å². The monoisotopic (exact) mass is 141 g/mol. The van der Waals surface area contributed by atoms with E-state index < -0.39 is 5.91 Å². The predicted molar refractivity (Wildman–Crippen MR) is 33.1 cm³/mol. The van der Waals surface area contributed by atoms with Gasteiger partial charge in [0.1, 0.15) is 6.61 Å². The van der Waals surface area contributed by atoms with Crippen LogP contribution in [0.15, 0.2) is 24.0 Å². The first-order chi connectivity index (χ1) is 4.84. The van der Waals surface area contributed by atoms with Crippen molar-refractivity contribution >= 4 is 5.91 Å². The zero-order chi connectivity index (χ0) is 7.40. The standard InChI is InChI=1S/C6H7NO3/c8-6(7-9)5-1-3-10-4-2-5/h1-3,9H,4H2,(H,7,8). The van der Waals surface area contributed by atoms with E-state index in [0.717, 1.165) is 0 Å². The Morgan fingerprint density at radius 3 is 3.10 bits per heavy atom. The van der Waals surface area contributed by atoms with Crippen molar-refractivity contribution in [2.45, 2.75) is 0 Å². The van der Waals surface area contributed by atoms with Gasteiger partial charge < -0.3 is 4.74 Å². The van der Waals surface area contributed by atoms with Crippen molar-refractivity contribution < 1.29 is 14.7 Å². The second-order valence-corrected chi connectivity index (χ2v) is 1.74. The van der Waals surface area contributed by atoms with Crippen LogP contribution in [0.25, 0.3) is 0 Å². The molecular weight excluding hydrogens is 134 g/mol. The lowest BCUT2D eigenvalue weighted by atomic mass is 10.2. The fraction of sp³-hybridized carbons (Fsp3) is 0.167. The maximum Gasteiger partial charge on any atom is 0.274 e. The molecule has 0 radical (unpaired) electrons. The molecule has 0 spiro atoms. The fourth-order valence-corrected chi connectivity index (χ4v) is 0.616. The number of hydrogen-bond acceptors (Lipinski definition) is 3.